The topological polar surface area (TPSA) is 12.4 Å². The summed E-state index contributed by atoms with van der Waals surface area (Å²) in [5, 5.41) is 2.15. The third-order valence-corrected chi connectivity index (χ3v) is 3.99. The lowest BCUT2D eigenvalue weighted by Gasteiger charge is -2.27. The molecule has 1 heterocycles. The Kier molecular flexibility index (Phi) is 1.96. The number of rotatable bonds is 0. The molecule has 1 nitrogen and oxygen atoms in total. The first-order valence-corrected chi connectivity index (χ1v) is 5.34. The molecule has 3 atom stereocenters. The second kappa shape index (κ2) is 2.81. The van der Waals surface area contributed by atoms with Crippen molar-refractivity contribution in [3.05, 3.63) is 0 Å². The van der Waals surface area contributed by atoms with Crippen LogP contribution >= 0.6 is 11.8 Å². The molecule has 0 amide bonds. The highest BCUT2D eigenvalue weighted by atomic mass is 32.2. The summed E-state index contributed by atoms with van der Waals surface area (Å²) in [6.07, 6.45) is 4.13. The zero-order valence-corrected chi connectivity index (χ0v) is 8.03. The highest BCUT2D eigenvalue weighted by molar-refractivity contribution is 8.14. The molecule has 0 aromatic rings. The zero-order chi connectivity index (χ0) is 7.84. The van der Waals surface area contributed by atoms with E-state index >= 15 is 0 Å². The van der Waals surface area contributed by atoms with Crippen molar-refractivity contribution in [2.45, 2.75) is 44.4 Å². The minimum atomic E-state index is 0.670. The molecule has 1 aliphatic heterocycles. The van der Waals surface area contributed by atoms with Crippen LogP contribution in [-0.4, -0.2) is 16.3 Å². The van der Waals surface area contributed by atoms with Gasteiger partial charge in [0.25, 0.3) is 0 Å². The van der Waals surface area contributed by atoms with Crippen molar-refractivity contribution in [3.63, 3.8) is 0 Å². The van der Waals surface area contributed by atoms with Crippen LogP contribution in [0.15, 0.2) is 4.99 Å². The van der Waals surface area contributed by atoms with E-state index in [9.17, 15) is 0 Å². The van der Waals surface area contributed by atoms with Crippen LogP contribution in [0.25, 0.3) is 0 Å². The van der Waals surface area contributed by atoms with E-state index in [0.717, 1.165) is 11.2 Å². The third-order valence-electron chi connectivity index (χ3n) is 2.69. The molecular weight excluding hydrogens is 154 g/mol. The van der Waals surface area contributed by atoms with E-state index in [1.165, 1.54) is 24.3 Å². The molecule has 0 aromatic carbocycles. The van der Waals surface area contributed by atoms with Gasteiger partial charge in [-0.1, -0.05) is 6.92 Å². The molecule has 1 fully saturated rings. The van der Waals surface area contributed by atoms with Crippen molar-refractivity contribution in [2.75, 3.05) is 0 Å². The molecule has 2 rings (SSSR count). The first-order chi connectivity index (χ1) is 5.25. The maximum Gasteiger partial charge on any atom is 0.0652 e. The van der Waals surface area contributed by atoms with Crippen LogP contribution in [-0.2, 0) is 0 Å². The number of hydrogen-bond acceptors (Lipinski definition) is 2. The second-order valence-corrected chi connectivity index (χ2v) is 5.22. The number of fused-ring (bicyclic) bond motifs is 1. The molecule has 11 heavy (non-hydrogen) atoms. The van der Waals surface area contributed by atoms with E-state index in [2.05, 4.69) is 18.8 Å². The lowest BCUT2D eigenvalue weighted by molar-refractivity contribution is 0.358. The fraction of sp³-hybridized carbons (Fsp3) is 0.889. The number of hydrogen-bond donors (Lipinski definition) is 0. The summed E-state index contributed by atoms with van der Waals surface area (Å²) in [7, 11) is 0. The van der Waals surface area contributed by atoms with Gasteiger partial charge in [0.2, 0.25) is 0 Å². The first-order valence-electron chi connectivity index (χ1n) is 4.47. The number of thioether (sulfide) groups is 1. The molecule has 62 valence electrons. The summed E-state index contributed by atoms with van der Waals surface area (Å²) < 4.78 is 0. The van der Waals surface area contributed by atoms with E-state index in [1.54, 1.807) is 0 Å². The van der Waals surface area contributed by atoms with Gasteiger partial charge in [0.15, 0.2) is 0 Å². The van der Waals surface area contributed by atoms with Gasteiger partial charge in [-0.3, -0.25) is 4.99 Å². The highest BCUT2D eigenvalue weighted by Gasteiger charge is 2.32. The van der Waals surface area contributed by atoms with E-state index in [-0.39, 0.29) is 0 Å². The quantitative estimate of drug-likeness (QED) is 0.543. The predicted octanol–water partition coefficient (Wildman–Crippen LogP) is 2.71. The summed E-state index contributed by atoms with van der Waals surface area (Å²) in [6.45, 7) is 4.50. The van der Waals surface area contributed by atoms with Gasteiger partial charge in [-0.05, 0) is 32.1 Å². The largest absolute Gasteiger partial charge is 0.279 e. The minimum absolute atomic E-state index is 0.670. The summed E-state index contributed by atoms with van der Waals surface area (Å²) in [5.74, 6) is 0.909. The molecule has 0 N–H and O–H groups in total. The van der Waals surface area contributed by atoms with Crippen molar-refractivity contribution in [2.24, 2.45) is 10.9 Å². The van der Waals surface area contributed by atoms with Gasteiger partial charge >= 0.3 is 0 Å². The van der Waals surface area contributed by atoms with Gasteiger partial charge in [-0.15, -0.1) is 11.8 Å². The van der Waals surface area contributed by atoms with Crippen LogP contribution in [0.4, 0.5) is 0 Å². The van der Waals surface area contributed by atoms with Crippen molar-refractivity contribution in [1.82, 2.24) is 0 Å². The van der Waals surface area contributed by atoms with Crippen LogP contribution in [0.2, 0.25) is 0 Å². The monoisotopic (exact) mass is 169 g/mol. The third kappa shape index (κ3) is 1.46. The average molecular weight is 169 g/mol. The van der Waals surface area contributed by atoms with Crippen LogP contribution < -0.4 is 0 Å². The van der Waals surface area contributed by atoms with Crippen LogP contribution in [0, 0.1) is 5.92 Å². The Labute approximate surface area is 72.7 Å². The summed E-state index contributed by atoms with van der Waals surface area (Å²) in [5.41, 5.74) is 0. The van der Waals surface area contributed by atoms with E-state index in [1.807, 2.05) is 11.8 Å². The Morgan fingerprint density at radius 3 is 3.09 bits per heavy atom. The normalized spacial score (nSPS) is 43.5. The highest BCUT2D eigenvalue weighted by Crippen LogP contribution is 2.38. The molecular formula is C9H15NS. The Morgan fingerprint density at radius 2 is 2.27 bits per heavy atom. The van der Waals surface area contributed by atoms with Gasteiger partial charge in [-0.25, -0.2) is 0 Å². The Morgan fingerprint density at radius 1 is 1.45 bits per heavy atom. The van der Waals surface area contributed by atoms with E-state index in [4.69, 9.17) is 0 Å². The standard InChI is InChI=1S/C9H15NS/c1-6-3-4-9-8(5-6)10-7(2)11-9/h6,8-9H,3-5H2,1-2H3. The SMILES string of the molecule is CC1=NC2CC(C)CCC2S1. The van der Waals surface area contributed by atoms with E-state index in [0.29, 0.717) is 6.04 Å². The van der Waals surface area contributed by atoms with Crippen molar-refractivity contribution in [3.8, 4) is 0 Å². The minimum Gasteiger partial charge on any atom is -0.279 e. The zero-order valence-electron chi connectivity index (χ0n) is 7.21. The fourth-order valence-corrected chi connectivity index (χ4v) is 3.30. The van der Waals surface area contributed by atoms with Crippen molar-refractivity contribution < 1.29 is 0 Å². The molecule has 0 bridgehead atoms. The molecule has 2 heteroatoms. The Balaban J connectivity index is 2.05. The van der Waals surface area contributed by atoms with Crippen LogP contribution in [0.1, 0.15) is 33.1 Å². The van der Waals surface area contributed by atoms with E-state index < -0.39 is 0 Å². The molecule has 1 aliphatic carbocycles. The molecule has 0 spiro atoms. The van der Waals surface area contributed by atoms with Gasteiger partial charge in [0.1, 0.15) is 0 Å². The summed E-state index contributed by atoms with van der Waals surface area (Å²) in [4.78, 5) is 4.64. The second-order valence-electron chi connectivity index (χ2n) is 3.79. The molecule has 0 saturated heterocycles. The number of nitrogens with zero attached hydrogens (tertiary/aromatic N) is 1. The fourth-order valence-electron chi connectivity index (χ4n) is 2.08. The maximum atomic E-state index is 4.64. The molecule has 0 radical (unpaired) electrons. The van der Waals surface area contributed by atoms with Crippen LogP contribution in [0.5, 0.6) is 0 Å². The molecule has 2 aliphatic rings. The maximum absolute atomic E-state index is 4.64. The first kappa shape index (κ1) is 7.66. The molecule has 0 aromatic heterocycles. The van der Waals surface area contributed by atoms with Gasteiger partial charge in [-0.2, -0.15) is 0 Å². The van der Waals surface area contributed by atoms with Gasteiger partial charge in [0.05, 0.1) is 11.1 Å². The molecule has 3 unspecified atom stereocenters. The Hall–Kier alpha value is 0.0200. The summed E-state index contributed by atoms with van der Waals surface area (Å²) >= 11 is 2.00. The van der Waals surface area contributed by atoms with Crippen LogP contribution in [0.3, 0.4) is 0 Å². The van der Waals surface area contributed by atoms with Gasteiger partial charge < -0.3 is 0 Å². The average Bonchev–Trinajstić information content (AvgIpc) is 2.27. The van der Waals surface area contributed by atoms with Gasteiger partial charge in [0, 0.05) is 5.25 Å². The predicted molar refractivity (Wildman–Crippen MR) is 51.3 cm³/mol. The lowest BCUT2D eigenvalue weighted by Crippen LogP contribution is -2.26. The molecule has 1 saturated carbocycles. The Bertz CT molecular complexity index is 188. The number of aliphatic imine (C=N–C) groups is 1. The van der Waals surface area contributed by atoms with Crippen molar-refractivity contribution in [1.29, 1.82) is 0 Å². The lowest BCUT2D eigenvalue weighted by atomic mass is 9.87. The smallest absolute Gasteiger partial charge is 0.0652 e. The van der Waals surface area contributed by atoms with Crippen molar-refractivity contribution >= 4 is 16.8 Å². The summed E-state index contributed by atoms with van der Waals surface area (Å²) in [6, 6.07) is 0.670.